The Hall–Kier alpha value is -5.45. The maximum atomic E-state index is 13.0. The SMILES string of the molecule is COC(=O)c1c(CC(=O)O)n(-c2ccc(OCc3ccccc3)cc2)c2ccc(Oc3ccc(OC(F)(F)F)cc3)cc12. The van der Waals surface area contributed by atoms with Crippen LogP contribution in [0.4, 0.5) is 13.2 Å². The van der Waals surface area contributed by atoms with Crippen LogP contribution in [-0.2, 0) is 22.6 Å². The Morgan fingerprint density at radius 2 is 1.44 bits per heavy atom. The predicted molar refractivity (Wildman–Crippen MR) is 150 cm³/mol. The maximum absolute atomic E-state index is 13.0. The summed E-state index contributed by atoms with van der Waals surface area (Å²) in [5.41, 5.74) is 2.33. The van der Waals surface area contributed by atoms with Crippen molar-refractivity contribution in [2.75, 3.05) is 7.11 Å². The quantitative estimate of drug-likeness (QED) is 0.170. The fourth-order valence-electron chi connectivity index (χ4n) is 4.60. The minimum atomic E-state index is -4.83. The Kier molecular flexibility index (Phi) is 8.24. The third kappa shape index (κ3) is 6.89. The van der Waals surface area contributed by atoms with Crippen molar-refractivity contribution in [1.82, 2.24) is 4.57 Å². The Balaban J connectivity index is 1.51. The molecule has 0 bridgehead atoms. The number of methoxy groups -OCH3 is 1. The van der Waals surface area contributed by atoms with Gasteiger partial charge in [-0.3, -0.25) is 4.79 Å². The number of carboxylic acids is 1. The van der Waals surface area contributed by atoms with Crippen LogP contribution in [0, 0.1) is 0 Å². The first-order chi connectivity index (χ1) is 20.6. The zero-order chi connectivity index (χ0) is 30.6. The molecule has 5 rings (SSSR count). The van der Waals surface area contributed by atoms with Crippen LogP contribution in [0.1, 0.15) is 21.6 Å². The summed E-state index contributed by atoms with van der Waals surface area (Å²) < 4.78 is 59.7. The van der Waals surface area contributed by atoms with Gasteiger partial charge in [-0.25, -0.2) is 4.79 Å². The average molecular weight is 592 g/mol. The van der Waals surface area contributed by atoms with Crippen molar-refractivity contribution < 1.29 is 46.8 Å². The Morgan fingerprint density at radius 1 is 0.814 bits per heavy atom. The average Bonchev–Trinajstić information content (AvgIpc) is 3.29. The number of benzene rings is 4. The van der Waals surface area contributed by atoms with E-state index in [0.717, 1.165) is 17.7 Å². The van der Waals surface area contributed by atoms with E-state index >= 15 is 0 Å². The molecule has 220 valence electrons. The van der Waals surface area contributed by atoms with Crippen LogP contribution in [0.2, 0.25) is 0 Å². The van der Waals surface area contributed by atoms with E-state index in [1.807, 2.05) is 30.3 Å². The van der Waals surface area contributed by atoms with Crippen LogP contribution >= 0.6 is 0 Å². The van der Waals surface area contributed by atoms with Crippen LogP contribution in [0.25, 0.3) is 16.6 Å². The van der Waals surface area contributed by atoms with E-state index in [1.54, 1.807) is 47.0 Å². The molecule has 8 nitrogen and oxygen atoms in total. The molecule has 0 spiro atoms. The number of rotatable bonds is 10. The molecule has 0 aliphatic heterocycles. The van der Waals surface area contributed by atoms with Gasteiger partial charge in [0.1, 0.15) is 29.6 Å². The summed E-state index contributed by atoms with van der Waals surface area (Å²) in [6, 6.07) is 26.3. The highest BCUT2D eigenvalue weighted by atomic mass is 19.4. The van der Waals surface area contributed by atoms with E-state index in [0.29, 0.717) is 28.9 Å². The van der Waals surface area contributed by atoms with E-state index in [4.69, 9.17) is 14.2 Å². The molecule has 0 saturated carbocycles. The molecule has 1 aromatic heterocycles. The molecule has 0 aliphatic carbocycles. The summed E-state index contributed by atoms with van der Waals surface area (Å²) in [6.45, 7) is 0.365. The number of ether oxygens (including phenoxy) is 4. The first-order valence-electron chi connectivity index (χ1n) is 12.9. The van der Waals surface area contributed by atoms with Gasteiger partial charge in [0, 0.05) is 16.8 Å². The van der Waals surface area contributed by atoms with Gasteiger partial charge >= 0.3 is 18.3 Å². The Morgan fingerprint density at radius 3 is 2.07 bits per heavy atom. The fraction of sp³-hybridized carbons (Fsp3) is 0.125. The van der Waals surface area contributed by atoms with E-state index in [2.05, 4.69) is 4.74 Å². The lowest BCUT2D eigenvalue weighted by atomic mass is 10.1. The number of fused-ring (bicyclic) bond motifs is 1. The normalized spacial score (nSPS) is 11.3. The third-order valence-electron chi connectivity index (χ3n) is 6.38. The largest absolute Gasteiger partial charge is 0.573 e. The number of aromatic nitrogens is 1. The van der Waals surface area contributed by atoms with E-state index in [9.17, 15) is 27.9 Å². The van der Waals surface area contributed by atoms with Crippen molar-refractivity contribution in [2.45, 2.75) is 19.4 Å². The topological polar surface area (TPSA) is 96.2 Å². The van der Waals surface area contributed by atoms with Crippen LogP contribution in [0.5, 0.6) is 23.0 Å². The van der Waals surface area contributed by atoms with E-state index in [-0.39, 0.29) is 22.8 Å². The van der Waals surface area contributed by atoms with Gasteiger partial charge in [-0.1, -0.05) is 30.3 Å². The van der Waals surface area contributed by atoms with E-state index < -0.39 is 30.5 Å². The van der Waals surface area contributed by atoms with Crippen LogP contribution in [0.15, 0.2) is 97.1 Å². The summed E-state index contributed by atoms with van der Waals surface area (Å²) >= 11 is 0. The molecule has 1 heterocycles. The minimum Gasteiger partial charge on any atom is -0.489 e. The number of carboxylic acid groups (broad SMARTS) is 1. The summed E-state index contributed by atoms with van der Waals surface area (Å²) in [4.78, 5) is 24.9. The summed E-state index contributed by atoms with van der Waals surface area (Å²) in [7, 11) is 1.19. The molecule has 0 aliphatic rings. The lowest BCUT2D eigenvalue weighted by Crippen LogP contribution is -2.16. The first kappa shape index (κ1) is 29.1. The number of esters is 1. The fourth-order valence-corrected chi connectivity index (χ4v) is 4.60. The van der Waals surface area contributed by atoms with Gasteiger partial charge in [-0.2, -0.15) is 0 Å². The second-order valence-electron chi connectivity index (χ2n) is 9.29. The molecule has 43 heavy (non-hydrogen) atoms. The molecule has 0 atom stereocenters. The molecule has 0 saturated heterocycles. The number of carbonyl (C=O) groups is 2. The van der Waals surface area contributed by atoms with Crippen molar-refractivity contribution in [3.05, 3.63) is 114 Å². The summed E-state index contributed by atoms with van der Waals surface area (Å²) in [5, 5.41) is 10.1. The van der Waals surface area contributed by atoms with Crippen molar-refractivity contribution in [3.63, 3.8) is 0 Å². The zero-order valence-electron chi connectivity index (χ0n) is 22.6. The van der Waals surface area contributed by atoms with Crippen LogP contribution in [-0.4, -0.2) is 35.1 Å². The number of carbonyl (C=O) groups excluding carboxylic acids is 1. The lowest BCUT2D eigenvalue weighted by molar-refractivity contribution is -0.274. The first-order valence-corrected chi connectivity index (χ1v) is 12.9. The standard InChI is InChI=1S/C32H24F3NO7/c1-40-31(39)30-26-17-25(42-23-11-13-24(14-12-23)43-32(33,34)35)15-16-27(26)36(28(30)18-29(37)38)21-7-9-22(10-8-21)41-19-20-5-3-2-4-6-20/h2-17H,18-19H2,1H3,(H,37,38). The summed E-state index contributed by atoms with van der Waals surface area (Å²) in [6.07, 6.45) is -5.31. The number of hydrogen-bond acceptors (Lipinski definition) is 6. The molecule has 0 unspecified atom stereocenters. The predicted octanol–water partition coefficient (Wildman–Crippen LogP) is 7.31. The highest BCUT2D eigenvalue weighted by molar-refractivity contribution is 6.07. The number of nitrogens with zero attached hydrogens (tertiary/aromatic N) is 1. The number of hydrogen-bond donors (Lipinski definition) is 1. The van der Waals surface area contributed by atoms with Crippen molar-refractivity contribution in [1.29, 1.82) is 0 Å². The molecule has 4 aromatic carbocycles. The smallest absolute Gasteiger partial charge is 0.489 e. The molecule has 0 amide bonds. The lowest BCUT2D eigenvalue weighted by Gasteiger charge is -2.13. The van der Waals surface area contributed by atoms with Gasteiger partial charge in [0.15, 0.2) is 0 Å². The summed E-state index contributed by atoms with van der Waals surface area (Å²) in [5.74, 6) is -1.24. The maximum Gasteiger partial charge on any atom is 0.573 e. The van der Waals surface area contributed by atoms with Crippen LogP contribution < -0.4 is 14.2 Å². The second-order valence-corrected chi connectivity index (χ2v) is 9.29. The highest BCUT2D eigenvalue weighted by Gasteiger charge is 2.31. The molecular formula is C32H24F3NO7. The molecule has 1 N–H and O–H groups in total. The van der Waals surface area contributed by atoms with Crippen molar-refractivity contribution >= 4 is 22.8 Å². The van der Waals surface area contributed by atoms with Gasteiger partial charge < -0.3 is 28.6 Å². The third-order valence-corrected chi connectivity index (χ3v) is 6.38. The molecular weight excluding hydrogens is 567 g/mol. The van der Waals surface area contributed by atoms with Gasteiger partial charge in [0.05, 0.1) is 24.6 Å². The number of halogens is 3. The molecule has 11 heteroatoms. The number of aliphatic carboxylic acids is 1. The Bertz CT molecular complexity index is 1750. The Labute approximate surface area is 243 Å². The molecule has 0 fully saturated rings. The molecule has 5 aromatic rings. The minimum absolute atomic E-state index is 0.0451. The van der Waals surface area contributed by atoms with Gasteiger partial charge in [-0.05, 0) is 72.3 Å². The highest BCUT2D eigenvalue weighted by Crippen LogP contribution is 2.35. The monoisotopic (exact) mass is 591 g/mol. The van der Waals surface area contributed by atoms with Gasteiger partial charge in [-0.15, -0.1) is 13.2 Å². The molecule has 0 radical (unpaired) electrons. The second kappa shape index (κ2) is 12.2. The van der Waals surface area contributed by atoms with Crippen molar-refractivity contribution in [2.24, 2.45) is 0 Å². The van der Waals surface area contributed by atoms with E-state index in [1.165, 1.54) is 19.2 Å². The zero-order valence-corrected chi connectivity index (χ0v) is 22.6. The van der Waals surface area contributed by atoms with Crippen LogP contribution in [0.3, 0.4) is 0 Å². The number of alkyl halides is 3. The van der Waals surface area contributed by atoms with Crippen molar-refractivity contribution in [3.8, 4) is 28.7 Å². The van der Waals surface area contributed by atoms with Gasteiger partial charge in [0.2, 0.25) is 0 Å². The van der Waals surface area contributed by atoms with Gasteiger partial charge in [0.25, 0.3) is 0 Å².